The first-order chi connectivity index (χ1) is 13.8. The molecule has 3 aromatic rings. The summed E-state index contributed by atoms with van der Waals surface area (Å²) in [6.07, 6.45) is 3.64. The maximum absolute atomic E-state index is 14.0. The molecule has 1 N–H and O–H groups in total. The molecular weight excluding hydrogens is 401 g/mol. The van der Waals surface area contributed by atoms with Crippen LogP contribution in [-0.2, 0) is 0 Å². The van der Waals surface area contributed by atoms with Gasteiger partial charge in [-0.25, -0.2) is 23.1 Å². The second-order valence-corrected chi connectivity index (χ2v) is 8.51. The molecule has 4 rings (SSSR count). The summed E-state index contributed by atoms with van der Waals surface area (Å²) in [6.45, 7) is 5.58. The van der Waals surface area contributed by atoms with Crippen molar-refractivity contribution in [3.8, 4) is 0 Å². The van der Waals surface area contributed by atoms with Crippen molar-refractivity contribution in [1.82, 2.24) is 9.97 Å². The van der Waals surface area contributed by atoms with E-state index in [4.69, 9.17) is 0 Å². The number of hydrogen-bond acceptors (Lipinski definition) is 5. The van der Waals surface area contributed by atoms with Crippen molar-refractivity contribution in [3.63, 3.8) is 0 Å². The van der Waals surface area contributed by atoms with Crippen LogP contribution in [0.1, 0.15) is 35.0 Å². The van der Waals surface area contributed by atoms with Crippen molar-refractivity contribution in [2.24, 2.45) is 5.92 Å². The first-order valence-corrected chi connectivity index (χ1v) is 10.1. The predicted octanol–water partition coefficient (Wildman–Crippen LogP) is 4.91. The number of carbonyl (C=O) groups is 1. The molecule has 1 amide bonds. The zero-order valence-corrected chi connectivity index (χ0v) is 16.7. The molecule has 0 aliphatic carbocycles. The van der Waals surface area contributed by atoms with E-state index in [9.17, 15) is 18.0 Å². The largest absolute Gasteiger partial charge is 0.356 e. The molecule has 2 aromatic heterocycles. The minimum Gasteiger partial charge on any atom is -0.356 e. The van der Waals surface area contributed by atoms with Gasteiger partial charge in [0.2, 0.25) is 0 Å². The fourth-order valence-corrected chi connectivity index (χ4v) is 4.71. The number of aryl methyl sites for hydroxylation is 1. The van der Waals surface area contributed by atoms with E-state index in [2.05, 4.69) is 27.1 Å². The van der Waals surface area contributed by atoms with Gasteiger partial charge in [-0.1, -0.05) is 6.92 Å². The quantitative estimate of drug-likeness (QED) is 0.612. The van der Waals surface area contributed by atoms with Crippen LogP contribution in [0.3, 0.4) is 0 Å². The number of thiophene rings is 1. The minimum atomic E-state index is -1.31. The lowest BCUT2D eigenvalue weighted by molar-refractivity contribution is 0.102. The van der Waals surface area contributed by atoms with Crippen molar-refractivity contribution < 1.29 is 18.0 Å². The molecule has 1 fully saturated rings. The molecule has 0 radical (unpaired) electrons. The average molecular weight is 420 g/mol. The lowest BCUT2D eigenvalue weighted by atomic mass is 10.00. The molecule has 5 nitrogen and oxygen atoms in total. The van der Waals surface area contributed by atoms with E-state index in [0.29, 0.717) is 44.5 Å². The van der Waals surface area contributed by atoms with E-state index >= 15 is 0 Å². The Hall–Kier alpha value is -2.68. The van der Waals surface area contributed by atoms with Gasteiger partial charge in [0.25, 0.3) is 5.91 Å². The molecule has 1 atom stereocenters. The van der Waals surface area contributed by atoms with Gasteiger partial charge in [-0.15, -0.1) is 11.3 Å². The van der Waals surface area contributed by atoms with Crippen LogP contribution in [0.25, 0.3) is 10.2 Å². The number of hydrogen-bond donors (Lipinski definition) is 1. The Bertz CT molecular complexity index is 1100. The van der Waals surface area contributed by atoms with Crippen LogP contribution < -0.4 is 10.2 Å². The average Bonchev–Trinajstić information content (AvgIpc) is 3.02. The smallest absolute Gasteiger partial charge is 0.257 e. The van der Waals surface area contributed by atoms with Crippen molar-refractivity contribution in [2.45, 2.75) is 26.7 Å². The van der Waals surface area contributed by atoms with Crippen LogP contribution in [0.2, 0.25) is 0 Å². The number of piperidine rings is 1. The van der Waals surface area contributed by atoms with Gasteiger partial charge in [0.1, 0.15) is 22.8 Å². The summed E-state index contributed by atoms with van der Waals surface area (Å²) in [6, 6.07) is 1.05. The highest BCUT2D eigenvalue weighted by Gasteiger charge is 2.26. The molecular formula is C20H19F3N4OS. The van der Waals surface area contributed by atoms with Gasteiger partial charge >= 0.3 is 0 Å². The Morgan fingerprint density at radius 1 is 1.21 bits per heavy atom. The first kappa shape index (κ1) is 19.6. The molecule has 0 spiro atoms. The Balaban J connectivity index is 1.76. The van der Waals surface area contributed by atoms with Crippen LogP contribution in [0.15, 0.2) is 18.5 Å². The van der Waals surface area contributed by atoms with E-state index in [1.54, 1.807) is 6.92 Å². The van der Waals surface area contributed by atoms with E-state index < -0.39 is 29.0 Å². The van der Waals surface area contributed by atoms with Gasteiger partial charge in [-0.2, -0.15) is 0 Å². The minimum absolute atomic E-state index is 0.322. The summed E-state index contributed by atoms with van der Waals surface area (Å²) in [5.41, 5.74) is -0.0967. The molecule has 0 bridgehead atoms. The number of halogens is 3. The third-order valence-electron chi connectivity index (χ3n) is 5.09. The van der Waals surface area contributed by atoms with E-state index in [-0.39, 0.29) is 0 Å². The zero-order valence-electron chi connectivity index (χ0n) is 15.9. The topological polar surface area (TPSA) is 58.1 Å². The normalized spacial score (nSPS) is 17.0. The van der Waals surface area contributed by atoms with Crippen LogP contribution in [0.4, 0.5) is 24.7 Å². The predicted molar refractivity (Wildman–Crippen MR) is 107 cm³/mol. The van der Waals surface area contributed by atoms with Crippen molar-refractivity contribution in [1.29, 1.82) is 0 Å². The molecule has 0 saturated carbocycles. The van der Waals surface area contributed by atoms with E-state index in [1.807, 2.05) is 0 Å². The van der Waals surface area contributed by atoms with Gasteiger partial charge in [0.05, 0.1) is 16.6 Å². The Morgan fingerprint density at radius 2 is 1.97 bits per heavy atom. The Labute approximate surface area is 169 Å². The van der Waals surface area contributed by atoms with Crippen LogP contribution in [0.5, 0.6) is 0 Å². The lowest BCUT2D eigenvalue weighted by Crippen LogP contribution is -2.35. The standard InChI is InChI=1S/C20H19F3N4OS/c1-10-4-3-5-27(8-10)18-17-16(11(2)29-20(17)25-9-24-18)19(28)26-15-7-13(22)12(21)6-14(15)23/h6-7,9-10H,3-5,8H2,1-2H3,(H,26,28)/t10-/m0/s1. The summed E-state index contributed by atoms with van der Waals surface area (Å²) < 4.78 is 40.7. The number of anilines is 2. The second kappa shape index (κ2) is 7.62. The van der Waals surface area contributed by atoms with Crippen molar-refractivity contribution >= 4 is 39.0 Å². The summed E-state index contributed by atoms with van der Waals surface area (Å²) >= 11 is 1.34. The van der Waals surface area contributed by atoms with E-state index in [1.165, 1.54) is 17.7 Å². The summed E-state index contributed by atoms with van der Waals surface area (Å²) in [4.78, 5) is 25.2. The molecule has 1 aliphatic heterocycles. The molecule has 1 saturated heterocycles. The SMILES string of the molecule is Cc1sc2ncnc(N3CCC[C@H](C)C3)c2c1C(=O)Nc1cc(F)c(F)cc1F. The third kappa shape index (κ3) is 3.66. The molecule has 0 unspecified atom stereocenters. The summed E-state index contributed by atoms with van der Waals surface area (Å²) in [7, 11) is 0. The molecule has 152 valence electrons. The van der Waals surface area contributed by atoms with E-state index in [0.717, 1.165) is 25.9 Å². The molecule has 29 heavy (non-hydrogen) atoms. The van der Waals surface area contributed by atoms with Crippen molar-refractivity contribution in [2.75, 3.05) is 23.3 Å². The van der Waals surface area contributed by atoms with Gasteiger partial charge in [0, 0.05) is 30.1 Å². The molecule has 9 heteroatoms. The molecule has 1 aliphatic rings. The van der Waals surface area contributed by atoms with Gasteiger partial charge in [-0.3, -0.25) is 4.79 Å². The van der Waals surface area contributed by atoms with Crippen LogP contribution in [0, 0.1) is 30.3 Å². The first-order valence-electron chi connectivity index (χ1n) is 9.30. The van der Waals surface area contributed by atoms with Gasteiger partial charge in [0.15, 0.2) is 11.6 Å². The highest BCUT2D eigenvalue weighted by molar-refractivity contribution is 7.19. The zero-order chi connectivity index (χ0) is 20.7. The fraction of sp³-hybridized carbons (Fsp3) is 0.350. The fourth-order valence-electron chi connectivity index (χ4n) is 3.73. The molecule has 3 heterocycles. The number of nitrogens with one attached hydrogen (secondary N) is 1. The highest BCUT2D eigenvalue weighted by atomic mass is 32.1. The second-order valence-electron chi connectivity index (χ2n) is 7.30. The Kier molecular flexibility index (Phi) is 5.16. The maximum Gasteiger partial charge on any atom is 0.257 e. The monoisotopic (exact) mass is 420 g/mol. The Morgan fingerprint density at radius 3 is 2.72 bits per heavy atom. The van der Waals surface area contributed by atoms with Crippen LogP contribution in [-0.4, -0.2) is 29.0 Å². The molecule has 1 aromatic carbocycles. The number of amides is 1. The maximum atomic E-state index is 14.0. The highest BCUT2D eigenvalue weighted by Crippen LogP contribution is 2.37. The third-order valence-corrected chi connectivity index (χ3v) is 6.10. The summed E-state index contributed by atoms with van der Waals surface area (Å²) in [5.74, 6) is -3.04. The van der Waals surface area contributed by atoms with Crippen molar-refractivity contribution in [3.05, 3.63) is 46.4 Å². The number of rotatable bonds is 3. The van der Waals surface area contributed by atoms with Crippen LogP contribution >= 0.6 is 11.3 Å². The number of benzene rings is 1. The van der Waals surface area contributed by atoms with Gasteiger partial charge in [-0.05, 0) is 25.7 Å². The summed E-state index contributed by atoms with van der Waals surface area (Å²) in [5, 5.41) is 2.97. The number of carbonyl (C=O) groups excluding carboxylic acids is 1. The number of nitrogens with zero attached hydrogens (tertiary/aromatic N) is 3. The lowest BCUT2D eigenvalue weighted by Gasteiger charge is -2.32. The number of fused-ring (bicyclic) bond motifs is 1. The number of aromatic nitrogens is 2. The van der Waals surface area contributed by atoms with Gasteiger partial charge < -0.3 is 10.2 Å².